The molecule has 0 saturated heterocycles. The van der Waals surface area contributed by atoms with E-state index in [1.807, 2.05) is 12.1 Å². The number of benzene rings is 1. The molecule has 2 aliphatic rings. The first kappa shape index (κ1) is 13.2. The van der Waals surface area contributed by atoms with Crippen LogP contribution in [0.2, 0.25) is 5.02 Å². The summed E-state index contributed by atoms with van der Waals surface area (Å²) in [5.74, 6) is 1.04. The van der Waals surface area contributed by atoms with Crippen LogP contribution in [0.1, 0.15) is 30.4 Å². The molecule has 0 spiro atoms. The summed E-state index contributed by atoms with van der Waals surface area (Å²) in [5.41, 5.74) is 2.42. The smallest absolute Gasteiger partial charge is 0.127 e. The summed E-state index contributed by atoms with van der Waals surface area (Å²) in [4.78, 5) is 0. The lowest BCUT2D eigenvalue weighted by atomic mass is 10.1. The fourth-order valence-corrected chi connectivity index (χ4v) is 3.33. The molecule has 1 aromatic carbocycles. The van der Waals surface area contributed by atoms with Crippen LogP contribution in [-0.2, 0) is 17.7 Å². The Balaban J connectivity index is 1.64. The molecule has 4 heteroatoms. The number of fused-ring (bicyclic) bond motifs is 1. The SMILES string of the molecule is COC1CCC(NCc2cc(Cl)cc3c2OCC3)C1. The number of hydrogen-bond acceptors (Lipinski definition) is 3. The molecule has 1 fully saturated rings. The molecule has 2 atom stereocenters. The lowest BCUT2D eigenvalue weighted by Gasteiger charge is -2.15. The Morgan fingerprint density at radius 3 is 3.11 bits per heavy atom. The minimum Gasteiger partial charge on any atom is -0.493 e. The van der Waals surface area contributed by atoms with Gasteiger partial charge in [-0.25, -0.2) is 0 Å². The Hall–Kier alpha value is -0.770. The molecule has 1 N–H and O–H groups in total. The molecule has 0 aromatic heterocycles. The third-order valence-corrected chi connectivity index (χ3v) is 4.34. The number of hydrogen-bond donors (Lipinski definition) is 1. The van der Waals surface area contributed by atoms with Gasteiger partial charge in [0.1, 0.15) is 5.75 Å². The van der Waals surface area contributed by atoms with Crippen molar-refractivity contribution in [3.63, 3.8) is 0 Å². The highest BCUT2D eigenvalue weighted by Gasteiger charge is 2.24. The normalized spacial score (nSPS) is 25.4. The van der Waals surface area contributed by atoms with Crippen molar-refractivity contribution >= 4 is 11.6 Å². The van der Waals surface area contributed by atoms with E-state index in [4.69, 9.17) is 21.1 Å². The van der Waals surface area contributed by atoms with Crippen molar-refractivity contribution in [3.8, 4) is 5.75 Å². The molecule has 3 nitrogen and oxygen atoms in total. The van der Waals surface area contributed by atoms with Gasteiger partial charge in [-0.05, 0) is 37.0 Å². The van der Waals surface area contributed by atoms with Gasteiger partial charge in [0.05, 0.1) is 12.7 Å². The highest BCUT2D eigenvalue weighted by atomic mass is 35.5. The molecule has 0 amide bonds. The lowest BCUT2D eigenvalue weighted by Crippen LogP contribution is -2.26. The molecule has 2 unspecified atom stereocenters. The van der Waals surface area contributed by atoms with Gasteiger partial charge in [0.2, 0.25) is 0 Å². The van der Waals surface area contributed by atoms with Gasteiger partial charge < -0.3 is 14.8 Å². The van der Waals surface area contributed by atoms with E-state index in [9.17, 15) is 0 Å². The van der Waals surface area contributed by atoms with Crippen molar-refractivity contribution in [2.45, 2.75) is 44.4 Å². The monoisotopic (exact) mass is 281 g/mol. The zero-order valence-corrected chi connectivity index (χ0v) is 12.0. The van der Waals surface area contributed by atoms with Gasteiger partial charge in [-0.2, -0.15) is 0 Å². The number of methoxy groups -OCH3 is 1. The van der Waals surface area contributed by atoms with E-state index in [1.54, 1.807) is 7.11 Å². The minimum absolute atomic E-state index is 0.416. The van der Waals surface area contributed by atoms with Gasteiger partial charge in [-0.3, -0.25) is 0 Å². The number of halogens is 1. The Morgan fingerprint density at radius 1 is 1.42 bits per heavy atom. The second-order valence-corrected chi connectivity index (χ2v) is 5.84. The van der Waals surface area contributed by atoms with E-state index >= 15 is 0 Å². The first-order chi connectivity index (χ1) is 9.26. The van der Waals surface area contributed by atoms with Crippen molar-refractivity contribution in [1.82, 2.24) is 5.32 Å². The quantitative estimate of drug-likeness (QED) is 0.920. The van der Waals surface area contributed by atoms with E-state index < -0.39 is 0 Å². The Kier molecular flexibility index (Phi) is 3.96. The van der Waals surface area contributed by atoms with Crippen molar-refractivity contribution in [3.05, 3.63) is 28.3 Å². The zero-order valence-electron chi connectivity index (χ0n) is 11.2. The van der Waals surface area contributed by atoms with Crippen LogP contribution >= 0.6 is 11.6 Å². The first-order valence-electron chi connectivity index (χ1n) is 6.96. The van der Waals surface area contributed by atoms with Crippen molar-refractivity contribution in [1.29, 1.82) is 0 Å². The lowest BCUT2D eigenvalue weighted by molar-refractivity contribution is 0.107. The predicted octanol–water partition coefficient (Wildman–Crippen LogP) is 2.93. The summed E-state index contributed by atoms with van der Waals surface area (Å²) in [6, 6.07) is 4.58. The van der Waals surface area contributed by atoms with E-state index in [1.165, 1.54) is 17.5 Å². The van der Waals surface area contributed by atoms with Crippen molar-refractivity contribution in [2.24, 2.45) is 0 Å². The Bertz CT molecular complexity index is 464. The molecular formula is C15H20ClNO2. The molecule has 1 aliphatic heterocycles. The van der Waals surface area contributed by atoms with Crippen molar-refractivity contribution < 1.29 is 9.47 Å². The van der Waals surface area contributed by atoms with Crippen LogP contribution in [-0.4, -0.2) is 25.9 Å². The fraction of sp³-hybridized carbons (Fsp3) is 0.600. The maximum absolute atomic E-state index is 6.17. The highest BCUT2D eigenvalue weighted by Crippen LogP contribution is 2.33. The van der Waals surface area contributed by atoms with Crippen LogP contribution in [0.15, 0.2) is 12.1 Å². The predicted molar refractivity (Wildman–Crippen MR) is 75.9 cm³/mol. The Labute approximate surface area is 119 Å². The van der Waals surface area contributed by atoms with Gasteiger partial charge in [-0.1, -0.05) is 11.6 Å². The van der Waals surface area contributed by atoms with Crippen LogP contribution in [0.5, 0.6) is 5.75 Å². The molecule has 1 aromatic rings. The third kappa shape index (κ3) is 2.88. The molecule has 1 saturated carbocycles. The summed E-state index contributed by atoms with van der Waals surface area (Å²) in [6.07, 6.45) is 4.82. The third-order valence-electron chi connectivity index (χ3n) is 4.12. The van der Waals surface area contributed by atoms with Crippen LogP contribution in [0.3, 0.4) is 0 Å². The zero-order chi connectivity index (χ0) is 13.2. The fourth-order valence-electron chi connectivity index (χ4n) is 3.07. The summed E-state index contributed by atoms with van der Waals surface area (Å²) < 4.78 is 11.1. The second kappa shape index (κ2) is 5.70. The van der Waals surface area contributed by atoms with E-state index in [0.29, 0.717) is 12.1 Å². The van der Waals surface area contributed by atoms with Crippen LogP contribution in [0, 0.1) is 0 Å². The van der Waals surface area contributed by atoms with Crippen LogP contribution < -0.4 is 10.1 Å². The maximum atomic E-state index is 6.17. The van der Waals surface area contributed by atoms with Crippen molar-refractivity contribution in [2.75, 3.05) is 13.7 Å². The molecular weight excluding hydrogens is 262 g/mol. The Morgan fingerprint density at radius 2 is 2.32 bits per heavy atom. The number of rotatable bonds is 4. The largest absolute Gasteiger partial charge is 0.493 e. The van der Waals surface area contributed by atoms with Gasteiger partial charge in [0, 0.05) is 36.7 Å². The van der Waals surface area contributed by atoms with Gasteiger partial charge >= 0.3 is 0 Å². The van der Waals surface area contributed by atoms with Crippen LogP contribution in [0.4, 0.5) is 0 Å². The molecule has 3 rings (SSSR count). The molecule has 0 radical (unpaired) electrons. The van der Waals surface area contributed by atoms with Gasteiger partial charge in [0.15, 0.2) is 0 Å². The van der Waals surface area contributed by atoms with E-state index in [0.717, 1.165) is 43.2 Å². The van der Waals surface area contributed by atoms with E-state index in [-0.39, 0.29) is 0 Å². The molecule has 104 valence electrons. The van der Waals surface area contributed by atoms with Gasteiger partial charge in [-0.15, -0.1) is 0 Å². The minimum atomic E-state index is 0.416. The number of ether oxygens (including phenoxy) is 2. The second-order valence-electron chi connectivity index (χ2n) is 5.40. The molecule has 19 heavy (non-hydrogen) atoms. The topological polar surface area (TPSA) is 30.5 Å². The maximum Gasteiger partial charge on any atom is 0.127 e. The highest BCUT2D eigenvalue weighted by molar-refractivity contribution is 6.30. The van der Waals surface area contributed by atoms with Crippen LogP contribution in [0.25, 0.3) is 0 Å². The number of nitrogens with one attached hydrogen (secondary N) is 1. The standard InChI is InChI=1S/C15H20ClNO2/c1-18-14-3-2-13(8-14)17-9-11-7-12(16)6-10-4-5-19-15(10)11/h6-7,13-14,17H,2-5,8-9H2,1H3. The average molecular weight is 282 g/mol. The summed E-state index contributed by atoms with van der Waals surface area (Å²) in [5, 5.41) is 4.41. The summed E-state index contributed by atoms with van der Waals surface area (Å²) in [7, 11) is 1.80. The molecule has 1 aliphatic carbocycles. The van der Waals surface area contributed by atoms with E-state index in [2.05, 4.69) is 5.32 Å². The molecule has 0 bridgehead atoms. The average Bonchev–Trinajstić information content (AvgIpc) is 3.03. The summed E-state index contributed by atoms with van der Waals surface area (Å²) >= 11 is 6.17. The first-order valence-corrected chi connectivity index (χ1v) is 7.34. The molecule has 1 heterocycles. The summed E-state index contributed by atoms with van der Waals surface area (Å²) in [6.45, 7) is 1.60. The van der Waals surface area contributed by atoms with Gasteiger partial charge in [0.25, 0.3) is 0 Å².